The van der Waals surface area contributed by atoms with Crippen molar-refractivity contribution in [1.82, 2.24) is 10.6 Å². The second-order valence-electron chi connectivity index (χ2n) is 8.76. The zero-order valence-corrected chi connectivity index (χ0v) is 18.8. The number of ether oxygens (including phenoxy) is 1. The number of rotatable bonds is 8. The van der Waals surface area contributed by atoms with E-state index in [1.165, 1.54) is 0 Å². The Bertz CT molecular complexity index is 956. The van der Waals surface area contributed by atoms with E-state index in [0.717, 1.165) is 22.3 Å². The fourth-order valence-electron chi connectivity index (χ4n) is 4.03. The molecular weight excluding hydrogens is 408 g/mol. The first-order chi connectivity index (χ1) is 15.2. The molecule has 0 aliphatic heterocycles. The van der Waals surface area contributed by atoms with Gasteiger partial charge < -0.3 is 20.5 Å². The highest BCUT2D eigenvalue weighted by molar-refractivity contribution is 5.87. The summed E-state index contributed by atoms with van der Waals surface area (Å²) in [5.41, 5.74) is 4.48. The van der Waals surface area contributed by atoms with Gasteiger partial charge in [-0.1, -0.05) is 76.2 Å². The molecule has 0 saturated heterocycles. The van der Waals surface area contributed by atoms with Crippen molar-refractivity contribution < 1.29 is 24.2 Å². The Balaban J connectivity index is 1.68. The molecule has 7 nitrogen and oxygen atoms in total. The summed E-state index contributed by atoms with van der Waals surface area (Å²) in [6.45, 7) is 7.14. The molecule has 1 aliphatic rings. The van der Waals surface area contributed by atoms with Gasteiger partial charge in [-0.15, -0.1) is 0 Å². The highest BCUT2D eigenvalue weighted by Gasteiger charge is 2.32. The van der Waals surface area contributed by atoms with Gasteiger partial charge in [0.25, 0.3) is 0 Å². The molecule has 1 aliphatic carbocycles. The van der Waals surface area contributed by atoms with Crippen molar-refractivity contribution >= 4 is 18.0 Å². The summed E-state index contributed by atoms with van der Waals surface area (Å²) in [6.07, 6.45) is 0. The van der Waals surface area contributed by atoms with E-state index in [9.17, 15) is 19.5 Å². The quantitative estimate of drug-likeness (QED) is 0.544. The minimum atomic E-state index is -1.13. The minimum Gasteiger partial charge on any atom is -0.480 e. The second kappa shape index (κ2) is 9.85. The Labute approximate surface area is 188 Å². The predicted molar refractivity (Wildman–Crippen MR) is 121 cm³/mol. The molecule has 2 aromatic rings. The van der Waals surface area contributed by atoms with Crippen LogP contribution in [0.2, 0.25) is 0 Å². The molecule has 0 unspecified atom stereocenters. The van der Waals surface area contributed by atoms with Crippen LogP contribution < -0.4 is 10.6 Å². The molecule has 2 amide bonds. The monoisotopic (exact) mass is 438 g/mol. The molecular formula is C25H30N2O5. The molecule has 0 heterocycles. The lowest BCUT2D eigenvalue weighted by Crippen LogP contribution is -2.54. The predicted octanol–water partition coefficient (Wildman–Crippen LogP) is 3.78. The number of hydrogen-bond acceptors (Lipinski definition) is 4. The molecule has 0 saturated carbocycles. The van der Waals surface area contributed by atoms with Crippen LogP contribution in [0.3, 0.4) is 0 Å². The van der Waals surface area contributed by atoms with E-state index in [1.54, 1.807) is 27.7 Å². The van der Waals surface area contributed by atoms with Crippen LogP contribution >= 0.6 is 0 Å². The Kier molecular flexibility index (Phi) is 7.18. The lowest BCUT2D eigenvalue weighted by Gasteiger charge is -2.24. The molecule has 7 heteroatoms. The molecule has 2 atom stereocenters. The Morgan fingerprint density at radius 3 is 1.78 bits per heavy atom. The van der Waals surface area contributed by atoms with E-state index in [0.29, 0.717) is 0 Å². The molecule has 3 rings (SSSR count). The maximum absolute atomic E-state index is 12.9. The van der Waals surface area contributed by atoms with Gasteiger partial charge in [-0.2, -0.15) is 0 Å². The summed E-state index contributed by atoms with van der Waals surface area (Å²) in [4.78, 5) is 36.6. The van der Waals surface area contributed by atoms with Crippen LogP contribution in [-0.2, 0) is 14.3 Å². The molecule has 0 fully saturated rings. The van der Waals surface area contributed by atoms with Gasteiger partial charge in [0.15, 0.2) is 0 Å². The smallest absolute Gasteiger partial charge is 0.328 e. The number of carboxylic acid groups (broad SMARTS) is 1. The highest BCUT2D eigenvalue weighted by Crippen LogP contribution is 2.44. The zero-order valence-electron chi connectivity index (χ0n) is 18.8. The SMILES string of the molecule is CC(C)[C@H](NC(=O)N[C@H](C(=O)OCC1c2ccccc2-c2ccccc21)C(C)C)C(=O)O. The van der Waals surface area contributed by atoms with Gasteiger partial charge in [-0.25, -0.2) is 14.4 Å². The van der Waals surface area contributed by atoms with Crippen molar-refractivity contribution in [3.63, 3.8) is 0 Å². The number of nitrogens with one attached hydrogen (secondary N) is 2. The number of carbonyl (C=O) groups excluding carboxylic acids is 2. The molecule has 170 valence electrons. The molecule has 32 heavy (non-hydrogen) atoms. The van der Waals surface area contributed by atoms with Crippen LogP contribution in [0.25, 0.3) is 11.1 Å². The summed E-state index contributed by atoms with van der Waals surface area (Å²) in [5, 5.41) is 14.3. The van der Waals surface area contributed by atoms with E-state index in [-0.39, 0.29) is 24.4 Å². The first-order valence-electron chi connectivity index (χ1n) is 10.8. The summed E-state index contributed by atoms with van der Waals surface area (Å²) in [5.74, 6) is -2.29. The van der Waals surface area contributed by atoms with E-state index in [1.807, 2.05) is 36.4 Å². The largest absolute Gasteiger partial charge is 0.480 e. The minimum absolute atomic E-state index is 0.0784. The van der Waals surface area contributed by atoms with Gasteiger partial charge in [0.1, 0.15) is 18.7 Å². The molecule has 0 spiro atoms. The van der Waals surface area contributed by atoms with E-state index in [4.69, 9.17) is 4.74 Å². The van der Waals surface area contributed by atoms with Crippen molar-refractivity contribution in [2.24, 2.45) is 11.8 Å². The van der Waals surface area contributed by atoms with Gasteiger partial charge in [0.05, 0.1) is 0 Å². The Morgan fingerprint density at radius 1 is 0.844 bits per heavy atom. The average Bonchev–Trinajstić information content (AvgIpc) is 3.07. The fraction of sp³-hybridized carbons (Fsp3) is 0.400. The van der Waals surface area contributed by atoms with E-state index >= 15 is 0 Å². The fourth-order valence-corrected chi connectivity index (χ4v) is 4.03. The molecule has 0 radical (unpaired) electrons. The van der Waals surface area contributed by atoms with E-state index in [2.05, 4.69) is 22.8 Å². The third kappa shape index (κ3) is 4.93. The van der Waals surface area contributed by atoms with Crippen LogP contribution in [0.4, 0.5) is 4.79 Å². The van der Waals surface area contributed by atoms with Gasteiger partial charge in [-0.05, 0) is 34.1 Å². The number of amides is 2. The number of benzene rings is 2. The Hall–Kier alpha value is -3.35. The maximum atomic E-state index is 12.9. The molecule has 2 aromatic carbocycles. The van der Waals surface area contributed by atoms with E-state index < -0.39 is 30.1 Å². The third-order valence-corrected chi connectivity index (χ3v) is 5.78. The number of urea groups is 1. The lowest BCUT2D eigenvalue weighted by atomic mass is 9.98. The van der Waals surface area contributed by atoms with Gasteiger partial charge in [-0.3, -0.25) is 0 Å². The van der Waals surface area contributed by atoms with Crippen LogP contribution in [-0.4, -0.2) is 41.8 Å². The van der Waals surface area contributed by atoms with Crippen molar-refractivity contribution in [2.75, 3.05) is 6.61 Å². The van der Waals surface area contributed by atoms with Crippen molar-refractivity contribution in [2.45, 2.75) is 45.7 Å². The van der Waals surface area contributed by atoms with Gasteiger partial charge >= 0.3 is 18.0 Å². The molecule has 0 aromatic heterocycles. The first-order valence-corrected chi connectivity index (χ1v) is 10.8. The summed E-state index contributed by atoms with van der Waals surface area (Å²) in [7, 11) is 0. The van der Waals surface area contributed by atoms with Crippen LogP contribution in [0.1, 0.15) is 44.7 Å². The number of carboxylic acids is 1. The standard InChI is InChI=1S/C25H30N2O5/c1-14(2)21(23(28)29)26-25(31)27-22(15(3)4)24(30)32-13-20-18-11-7-5-9-16(18)17-10-6-8-12-19(17)20/h5-12,14-15,20-22H,13H2,1-4H3,(H,28,29)(H2,26,27,31)/t21-,22-/m0/s1. The van der Waals surface area contributed by atoms with Crippen LogP contribution in [0, 0.1) is 11.8 Å². The van der Waals surface area contributed by atoms with Crippen LogP contribution in [0.5, 0.6) is 0 Å². The number of esters is 1. The van der Waals surface area contributed by atoms with Gasteiger partial charge in [0.2, 0.25) is 0 Å². The zero-order chi connectivity index (χ0) is 23.4. The number of carbonyl (C=O) groups is 3. The van der Waals surface area contributed by atoms with Crippen molar-refractivity contribution in [1.29, 1.82) is 0 Å². The topological polar surface area (TPSA) is 105 Å². The second-order valence-corrected chi connectivity index (χ2v) is 8.76. The summed E-state index contributed by atoms with van der Waals surface area (Å²) >= 11 is 0. The maximum Gasteiger partial charge on any atom is 0.328 e. The summed E-state index contributed by atoms with van der Waals surface area (Å²) < 4.78 is 5.67. The number of fused-ring (bicyclic) bond motifs is 3. The normalized spacial score (nSPS) is 14.4. The number of hydrogen-bond donors (Lipinski definition) is 3. The number of aliphatic carboxylic acids is 1. The third-order valence-electron chi connectivity index (χ3n) is 5.78. The summed E-state index contributed by atoms with van der Waals surface area (Å²) in [6, 6.07) is 13.5. The molecule has 3 N–H and O–H groups in total. The van der Waals surface area contributed by atoms with Crippen LogP contribution in [0.15, 0.2) is 48.5 Å². The van der Waals surface area contributed by atoms with Crippen molar-refractivity contribution in [3.05, 3.63) is 59.7 Å². The highest BCUT2D eigenvalue weighted by atomic mass is 16.5. The molecule has 0 bridgehead atoms. The lowest BCUT2D eigenvalue weighted by molar-refractivity contribution is -0.147. The van der Waals surface area contributed by atoms with Gasteiger partial charge in [0, 0.05) is 5.92 Å². The first kappa shape index (κ1) is 23.3. The van der Waals surface area contributed by atoms with Crippen molar-refractivity contribution in [3.8, 4) is 11.1 Å². The average molecular weight is 439 g/mol. The Morgan fingerprint density at radius 2 is 1.31 bits per heavy atom.